The van der Waals surface area contributed by atoms with Gasteiger partial charge in [-0.05, 0) is 49.9 Å². The van der Waals surface area contributed by atoms with Crippen molar-refractivity contribution in [2.45, 2.75) is 46.1 Å². The van der Waals surface area contributed by atoms with E-state index in [-0.39, 0.29) is 0 Å². The second-order valence-corrected chi connectivity index (χ2v) is 5.83. The molecule has 2 heteroatoms. The van der Waals surface area contributed by atoms with E-state index in [9.17, 15) is 0 Å². The standard InChI is InChI=1S/C17H28N2/c1-4-7-15-12-19(13-15)17-9-6-8-16(11-17)14(3)18-10-5-2/h6,8-9,11,14-15,18H,4-5,7,10,12-13H2,1-3H3. The van der Waals surface area contributed by atoms with Gasteiger partial charge in [-0.2, -0.15) is 0 Å². The van der Waals surface area contributed by atoms with Crippen LogP contribution in [0.3, 0.4) is 0 Å². The largest absolute Gasteiger partial charge is 0.371 e. The number of nitrogens with one attached hydrogen (secondary N) is 1. The normalized spacial score (nSPS) is 17.3. The summed E-state index contributed by atoms with van der Waals surface area (Å²) in [5, 5.41) is 3.56. The summed E-state index contributed by atoms with van der Waals surface area (Å²) in [6.45, 7) is 10.3. The molecule has 1 aromatic carbocycles. The van der Waals surface area contributed by atoms with Crippen molar-refractivity contribution in [2.24, 2.45) is 5.92 Å². The van der Waals surface area contributed by atoms with E-state index in [0.717, 1.165) is 12.5 Å². The number of rotatable bonds is 7. The maximum Gasteiger partial charge on any atom is 0.0369 e. The van der Waals surface area contributed by atoms with Crippen LogP contribution in [0.15, 0.2) is 24.3 Å². The second kappa shape index (κ2) is 6.95. The molecule has 1 heterocycles. The Morgan fingerprint density at radius 2 is 2.05 bits per heavy atom. The molecule has 19 heavy (non-hydrogen) atoms. The summed E-state index contributed by atoms with van der Waals surface area (Å²) in [5.74, 6) is 0.921. The van der Waals surface area contributed by atoms with Crippen molar-refractivity contribution in [1.82, 2.24) is 5.32 Å². The lowest BCUT2D eigenvalue weighted by atomic mass is 9.94. The fourth-order valence-corrected chi connectivity index (χ4v) is 2.84. The molecule has 0 aliphatic carbocycles. The lowest BCUT2D eigenvalue weighted by Gasteiger charge is -2.41. The monoisotopic (exact) mass is 260 g/mol. The molecular weight excluding hydrogens is 232 g/mol. The minimum absolute atomic E-state index is 0.451. The molecule has 1 unspecified atom stereocenters. The van der Waals surface area contributed by atoms with Crippen LogP contribution < -0.4 is 10.2 Å². The first-order chi connectivity index (χ1) is 9.24. The molecule has 0 bridgehead atoms. The number of hydrogen-bond acceptors (Lipinski definition) is 2. The Morgan fingerprint density at radius 3 is 2.74 bits per heavy atom. The molecule has 1 N–H and O–H groups in total. The van der Waals surface area contributed by atoms with E-state index in [0.29, 0.717) is 6.04 Å². The van der Waals surface area contributed by atoms with Crippen molar-refractivity contribution >= 4 is 5.69 Å². The summed E-state index contributed by atoms with van der Waals surface area (Å²) >= 11 is 0. The van der Waals surface area contributed by atoms with Gasteiger partial charge in [0, 0.05) is 24.8 Å². The van der Waals surface area contributed by atoms with Gasteiger partial charge in [-0.3, -0.25) is 0 Å². The van der Waals surface area contributed by atoms with Crippen LogP contribution in [-0.2, 0) is 0 Å². The van der Waals surface area contributed by atoms with Gasteiger partial charge >= 0.3 is 0 Å². The zero-order valence-corrected chi connectivity index (χ0v) is 12.7. The molecule has 0 radical (unpaired) electrons. The summed E-state index contributed by atoms with van der Waals surface area (Å²) in [7, 11) is 0. The van der Waals surface area contributed by atoms with Crippen LogP contribution in [0.2, 0.25) is 0 Å². The Hall–Kier alpha value is -1.02. The Kier molecular flexibility index (Phi) is 5.26. The minimum Gasteiger partial charge on any atom is -0.371 e. The van der Waals surface area contributed by atoms with Gasteiger partial charge in [0.2, 0.25) is 0 Å². The van der Waals surface area contributed by atoms with Crippen LogP contribution in [0.5, 0.6) is 0 Å². The SMILES string of the molecule is CCCNC(C)c1cccc(N2CC(CCC)C2)c1. The first kappa shape index (κ1) is 14.4. The van der Waals surface area contributed by atoms with E-state index < -0.39 is 0 Å². The van der Waals surface area contributed by atoms with Crippen LogP contribution in [0.1, 0.15) is 51.6 Å². The topological polar surface area (TPSA) is 15.3 Å². The van der Waals surface area contributed by atoms with Crippen LogP contribution in [0, 0.1) is 5.92 Å². The summed E-state index contributed by atoms with van der Waals surface area (Å²) in [6, 6.07) is 9.49. The van der Waals surface area contributed by atoms with Crippen molar-refractivity contribution in [3.05, 3.63) is 29.8 Å². The van der Waals surface area contributed by atoms with Gasteiger partial charge < -0.3 is 10.2 Å². The third-order valence-corrected chi connectivity index (χ3v) is 4.09. The number of benzene rings is 1. The van der Waals surface area contributed by atoms with Crippen molar-refractivity contribution in [2.75, 3.05) is 24.5 Å². The van der Waals surface area contributed by atoms with Crippen molar-refractivity contribution < 1.29 is 0 Å². The van der Waals surface area contributed by atoms with Crippen LogP contribution in [0.25, 0.3) is 0 Å². The van der Waals surface area contributed by atoms with E-state index in [4.69, 9.17) is 0 Å². The van der Waals surface area contributed by atoms with E-state index in [1.54, 1.807) is 0 Å². The predicted molar refractivity (Wildman–Crippen MR) is 83.8 cm³/mol. The molecule has 1 aliphatic rings. The molecule has 0 amide bonds. The van der Waals surface area contributed by atoms with Crippen molar-refractivity contribution in [3.8, 4) is 0 Å². The van der Waals surface area contributed by atoms with Gasteiger partial charge in [0.15, 0.2) is 0 Å². The zero-order chi connectivity index (χ0) is 13.7. The molecule has 0 aromatic heterocycles. The highest BCUT2D eigenvalue weighted by atomic mass is 15.2. The highest BCUT2D eigenvalue weighted by Gasteiger charge is 2.25. The van der Waals surface area contributed by atoms with Gasteiger partial charge in [0.05, 0.1) is 0 Å². The first-order valence-corrected chi connectivity index (χ1v) is 7.82. The molecule has 1 atom stereocenters. The molecule has 2 nitrogen and oxygen atoms in total. The summed E-state index contributed by atoms with van der Waals surface area (Å²) in [5.41, 5.74) is 2.81. The number of nitrogens with zero attached hydrogens (tertiary/aromatic N) is 1. The van der Waals surface area contributed by atoms with E-state index in [1.807, 2.05) is 0 Å². The Labute approximate surface area is 118 Å². The first-order valence-electron chi connectivity index (χ1n) is 7.82. The highest BCUT2D eigenvalue weighted by molar-refractivity contribution is 5.51. The van der Waals surface area contributed by atoms with Gasteiger partial charge in [0.25, 0.3) is 0 Å². The van der Waals surface area contributed by atoms with Crippen LogP contribution >= 0.6 is 0 Å². The molecule has 1 fully saturated rings. The van der Waals surface area contributed by atoms with Gasteiger partial charge in [-0.1, -0.05) is 32.4 Å². The lowest BCUT2D eigenvalue weighted by Crippen LogP contribution is -2.46. The van der Waals surface area contributed by atoms with Gasteiger partial charge in [-0.25, -0.2) is 0 Å². The molecule has 1 aliphatic heterocycles. The summed E-state index contributed by atoms with van der Waals surface area (Å²) in [6.07, 6.45) is 3.88. The zero-order valence-electron chi connectivity index (χ0n) is 12.7. The van der Waals surface area contributed by atoms with Gasteiger partial charge in [0.1, 0.15) is 0 Å². The summed E-state index contributed by atoms with van der Waals surface area (Å²) in [4.78, 5) is 2.51. The quantitative estimate of drug-likeness (QED) is 0.797. The minimum atomic E-state index is 0.451. The lowest BCUT2D eigenvalue weighted by molar-refractivity contribution is 0.380. The number of hydrogen-bond donors (Lipinski definition) is 1. The van der Waals surface area contributed by atoms with E-state index >= 15 is 0 Å². The molecule has 0 spiro atoms. The molecule has 106 valence electrons. The maximum atomic E-state index is 3.56. The second-order valence-electron chi connectivity index (χ2n) is 5.83. The van der Waals surface area contributed by atoms with Crippen LogP contribution in [0.4, 0.5) is 5.69 Å². The van der Waals surface area contributed by atoms with Crippen LogP contribution in [-0.4, -0.2) is 19.6 Å². The maximum absolute atomic E-state index is 3.56. The Bertz CT molecular complexity index is 383. The van der Waals surface area contributed by atoms with Gasteiger partial charge in [-0.15, -0.1) is 0 Å². The Balaban J connectivity index is 1.92. The van der Waals surface area contributed by atoms with Crippen molar-refractivity contribution in [3.63, 3.8) is 0 Å². The molecule has 1 aromatic rings. The number of anilines is 1. The molecular formula is C17H28N2. The highest BCUT2D eigenvalue weighted by Crippen LogP contribution is 2.29. The fraction of sp³-hybridized carbons (Fsp3) is 0.647. The smallest absolute Gasteiger partial charge is 0.0369 e. The average Bonchev–Trinajstić information content (AvgIpc) is 2.39. The third-order valence-electron chi connectivity index (χ3n) is 4.09. The Morgan fingerprint density at radius 1 is 1.26 bits per heavy atom. The average molecular weight is 260 g/mol. The fourth-order valence-electron chi connectivity index (χ4n) is 2.84. The predicted octanol–water partition coefficient (Wildman–Crippen LogP) is 3.98. The summed E-state index contributed by atoms with van der Waals surface area (Å²) < 4.78 is 0. The third kappa shape index (κ3) is 3.73. The van der Waals surface area contributed by atoms with E-state index in [2.05, 4.69) is 55.3 Å². The van der Waals surface area contributed by atoms with Crippen molar-refractivity contribution in [1.29, 1.82) is 0 Å². The molecule has 1 saturated heterocycles. The molecule has 2 rings (SSSR count). The van der Waals surface area contributed by atoms with E-state index in [1.165, 1.54) is 43.6 Å². The molecule has 0 saturated carbocycles.